The fourth-order valence-corrected chi connectivity index (χ4v) is 5.09. The largest absolute Gasteiger partial charge is 0.354 e. The summed E-state index contributed by atoms with van der Waals surface area (Å²) in [4.78, 5) is 24.8. The van der Waals surface area contributed by atoms with Gasteiger partial charge in [-0.2, -0.15) is 0 Å². The van der Waals surface area contributed by atoms with Crippen LogP contribution in [0.4, 0.5) is 0 Å². The molecule has 25 heavy (non-hydrogen) atoms. The third kappa shape index (κ3) is 3.63. The van der Waals surface area contributed by atoms with E-state index in [4.69, 9.17) is 0 Å². The van der Waals surface area contributed by atoms with Gasteiger partial charge >= 0.3 is 0 Å². The minimum Gasteiger partial charge on any atom is -0.354 e. The molecule has 142 valence electrons. The second-order valence-corrected chi connectivity index (χ2v) is 9.41. The maximum Gasteiger partial charge on any atom is 0.246 e. The smallest absolute Gasteiger partial charge is 0.246 e. The van der Waals surface area contributed by atoms with Crippen LogP contribution in [0.25, 0.3) is 0 Å². The van der Waals surface area contributed by atoms with Gasteiger partial charge in [0.1, 0.15) is 6.04 Å². The molecule has 4 atom stereocenters. The lowest BCUT2D eigenvalue weighted by atomic mass is 9.37. The lowest BCUT2D eigenvalue weighted by Gasteiger charge is -2.68. The Labute approximate surface area is 153 Å². The number of fused-ring (bicyclic) bond motifs is 2. The molecule has 0 aromatic carbocycles. The molecule has 0 aromatic heterocycles. The Morgan fingerprint density at radius 1 is 1.24 bits per heavy atom. The van der Waals surface area contributed by atoms with Gasteiger partial charge in [0.15, 0.2) is 0 Å². The summed E-state index contributed by atoms with van der Waals surface area (Å²) in [5.41, 5.74) is 0.919. The molecule has 0 aliphatic heterocycles. The normalized spacial score (nSPS) is 31.0. The van der Waals surface area contributed by atoms with E-state index in [0.29, 0.717) is 30.4 Å². The van der Waals surface area contributed by atoms with E-state index in [1.54, 1.807) is 6.92 Å². The molecule has 2 N–H and O–H groups in total. The van der Waals surface area contributed by atoms with Crippen LogP contribution in [0.15, 0.2) is 12.2 Å². The van der Waals surface area contributed by atoms with Crippen molar-refractivity contribution in [3.05, 3.63) is 12.2 Å². The topological polar surface area (TPSA) is 58.2 Å². The Balaban J connectivity index is 2.03. The fourth-order valence-electron chi connectivity index (χ4n) is 5.09. The molecule has 3 aliphatic rings. The van der Waals surface area contributed by atoms with Crippen molar-refractivity contribution >= 4 is 11.8 Å². The molecule has 0 radical (unpaired) electrons. The van der Waals surface area contributed by atoms with Crippen molar-refractivity contribution in [3.8, 4) is 0 Å². The number of hydrogen-bond acceptors (Lipinski definition) is 2. The average Bonchev–Trinajstić information content (AvgIpc) is 2.51. The van der Waals surface area contributed by atoms with Gasteiger partial charge in [-0.1, -0.05) is 41.2 Å². The van der Waals surface area contributed by atoms with Crippen LogP contribution in [-0.4, -0.2) is 24.4 Å². The van der Waals surface area contributed by atoms with Gasteiger partial charge in [0.25, 0.3) is 0 Å². The molecule has 3 rings (SSSR count). The van der Waals surface area contributed by atoms with Crippen molar-refractivity contribution < 1.29 is 9.59 Å². The number of rotatable bonds is 7. The van der Waals surface area contributed by atoms with Gasteiger partial charge in [-0.25, -0.2) is 0 Å². The molecule has 2 bridgehead atoms. The van der Waals surface area contributed by atoms with Crippen molar-refractivity contribution in [2.45, 2.75) is 73.3 Å². The first kappa shape index (κ1) is 20.0. The Morgan fingerprint density at radius 2 is 1.88 bits per heavy atom. The van der Waals surface area contributed by atoms with Crippen LogP contribution in [0.3, 0.4) is 0 Å². The van der Waals surface area contributed by atoms with Crippen LogP contribution >= 0.6 is 0 Å². The van der Waals surface area contributed by atoms with Crippen LogP contribution in [-0.2, 0) is 9.59 Å². The zero-order chi connectivity index (χ0) is 19.0. The number of nitrogens with one attached hydrogen (secondary N) is 2. The van der Waals surface area contributed by atoms with Crippen molar-refractivity contribution in [2.75, 3.05) is 6.54 Å². The SMILES string of the molecule is C=C(C)C(=O)N[C@@H](CC(C)C)C(=O)NCC12CC(CCC1C)C2(C)C. The van der Waals surface area contributed by atoms with E-state index in [9.17, 15) is 9.59 Å². The minimum absolute atomic E-state index is 0.0605. The molecule has 0 heterocycles. The maximum absolute atomic E-state index is 12.8. The van der Waals surface area contributed by atoms with E-state index in [1.807, 2.05) is 0 Å². The van der Waals surface area contributed by atoms with Crippen LogP contribution in [0.5, 0.6) is 0 Å². The van der Waals surface area contributed by atoms with Gasteiger partial charge in [-0.05, 0) is 61.2 Å². The molecule has 0 saturated heterocycles. The lowest BCUT2D eigenvalue weighted by Crippen LogP contribution is -2.66. The van der Waals surface area contributed by atoms with Gasteiger partial charge in [0.05, 0.1) is 0 Å². The van der Waals surface area contributed by atoms with Crippen LogP contribution < -0.4 is 10.6 Å². The van der Waals surface area contributed by atoms with Gasteiger partial charge < -0.3 is 10.6 Å². The quantitative estimate of drug-likeness (QED) is 0.690. The predicted octanol–water partition coefficient (Wildman–Crippen LogP) is 3.67. The highest BCUT2D eigenvalue weighted by Crippen LogP contribution is 2.69. The number of amides is 2. The van der Waals surface area contributed by atoms with Crippen LogP contribution in [0.1, 0.15) is 67.2 Å². The standard InChI is InChI=1S/C21H36N2O2/c1-13(2)10-17(23-18(24)14(3)4)19(25)22-12-21-11-16(20(21,6)7)9-8-15(21)5/h13,15-17H,3,8-12H2,1-2,4-7H3,(H,22,25)(H,23,24)/t15?,16?,17-,21?/m0/s1. The third-order valence-corrected chi connectivity index (χ3v) is 7.10. The molecular weight excluding hydrogens is 312 g/mol. The first-order chi connectivity index (χ1) is 11.5. The Morgan fingerprint density at radius 3 is 2.36 bits per heavy atom. The van der Waals surface area contributed by atoms with E-state index in [1.165, 1.54) is 19.3 Å². The van der Waals surface area contributed by atoms with Crippen LogP contribution in [0, 0.1) is 28.6 Å². The second kappa shape index (κ2) is 7.13. The molecule has 3 unspecified atom stereocenters. The zero-order valence-electron chi connectivity index (χ0n) is 16.9. The number of carbonyl (C=O) groups excluding carboxylic acids is 2. The van der Waals surface area contributed by atoms with Gasteiger partial charge in [-0.15, -0.1) is 0 Å². The molecular formula is C21H36N2O2. The second-order valence-electron chi connectivity index (χ2n) is 9.41. The summed E-state index contributed by atoms with van der Waals surface area (Å²) in [6.07, 6.45) is 4.42. The lowest BCUT2D eigenvalue weighted by molar-refractivity contribution is -0.192. The monoisotopic (exact) mass is 348 g/mol. The van der Waals surface area contributed by atoms with E-state index >= 15 is 0 Å². The highest BCUT2D eigenvalue weighted by molar-refractivity contribution is 5.96. The summed E-state index contributed by atoms with van der Waals surface area (Å²) in [7, 11) is 0. The van der Waals surface area contributed by atoms with Crippen molar-refractivity contribution in [1.82, 2.24) is 10.6 Å². The van der Waals surface area contributed by atoms with E-state index in [-0.39, 0.29) is 22.6 Å². The van der Waals surface area contributed by atoms with Crippen LogP contribution in [0.2, 0.25) is 0 Å². The first-order valence-corrected chi connectivity index (χ1v) is 9.75. The van der Waals surface area contributed by atoms with Crippen molar-refractivity contribution in [2.24, 2.45) is 28.6 Å². The number of hydrogen-bond donors (Lipinski definition) is 2. The molecule has 2 amide bonds. The molecule has 3 saturated carbocycles. The first-order valence-electron chi connectivity index (χ1n) is 9.75. The molecule has 3 aliphatic carbocycles. The molecule has 3 fully saturated rings. The number of carbonyl (C=O) groups is 2. The molecule has 4 nitrogen and oxygen atoms in total. The highest BCUT2D eigenvalue weighted by atomic mass is 16.2. The van der Waals surface area contributed by atoms with E-state index in [2.05, 4.69) is 51.8 Å². The highest BCUT2D eigenvalue weighted by Gasteiger charge is 2.64. The summed E-state index contributed by atoms with van der Waals surface area (Å²) >= 11 is 0. The Bertz CT molecular complexity index is 552. The molecule has 0 aromatic rings. The van der Waals surface area contributed by atoms with Gasteiger partial charge in [0, 0.05) is 12.1 Å². The molecule has 4 heteroatoms. The van der Waals surface area contributed by atoms with Crippen molar-refractivity contribution in [3.63, 3.8) is 0 Å². The average molecular weight is 349 g/mol. The maximum atomic E-state index is 12.8. The summed E-state index contributed by atoms with van der Waals surface area (Å²) in [5.74, 6) is 1.44. The van der Waals surface area contributed by atoms with Gasteiger partial charge in [0.2, 0.25) is 11.8 Å². The summed E-state index contributed by atoms with van der Waals surface area (Å²) in [6, 6.07) is -0.488. The van der Waals surface area contributed by atoms with Crippen molar-refractivity contribution in [1.29, 1.82) is 0 Å². The molecule has 0 spiro atoms. The van der Waals surface area contributed by atoms with E-state index in [0.717, 1.165) is 5.92 Å². The summed E-state index contributed by atoms with van der Waals surface area (Å²) in [5, 5.41) is 6.03. The Hall–Kier alpha value is -1.32. The van der Waals surface area contributed by atoms with Gasteiger partial charge in [-0.3, -0.25) is 9.59 Å². The Kier molecular flexibility index (Phi) is 5.70. The summed E-state index contributed by atoms with van der Waals surface area (Å²) < 4.78 is 0. The fraction of sp³-hybridized carbons (Fsp3) is 0.810. The third-order valence-electron chi connectivity index (χ3n) is 7.10. The zero-order valence-corrected chi connectivity index (χ0v) is 16.9. The summed E-state index contributed by atoms with van der Waals surface area (Å²) in [6.45, 7) is 17.2. The minimum atomic E-state index is -0.488. The van der Waals surface area contributed by atoms with E-state index < -0.39 is 6.04 Å². The predicted molar refractivity (Wildman–Crippen MR) is 102 cm³/mol.